The van der Waals surface area contributed by atoms with Gasteiger partial charge >= 0.3 is 0 Å². The van der Waals surface area contributed by atoms with Crippen LogP contribution in [0.3, 0.4) is 0 Å². The standard InChI is InChI=1S/C12H11BrOS/c1-8(14)11-6-7-12(15-11)9-2-4-10(13)5-3-9/h2-8,14H,1H3. The Hall–Kier alpha value is -0.640. The van der Waals surface area contributed by atoms with Gasteiger partial charge in [0.05, 0.1) is 6.10 Å². The van der Waals surface area contributed by atoms with Crippen LogP contribution in [0.1, 0.15) is 17.9 Å². The molecular formula is C12H11BrOS. The molecule has 78 valence electrons. The normalized spacial score (nSPS) is 12.7. The van der Waals surface area contributed by atoms with E-state index < -0.39 is 0 Å². The van der Waals surface area contributed by atoms with Gasteiger partial charge in [0.2, 0.25) is 0 Å². The Labute approximate surface area is 102 Å². The lowest BCUT2D eigenvalue weighted by molar-refractivity contribution is 0.203. The van der Waals surface area contributed by atoms with Gasteiger partial charge in [-0.15, -0.1) is 11.3 Å². The highest BCUT2D eigenvalue weighted by Crippen LogP contribution is 2.31. The molecule has 1 unspecified atom stereocenters. The van der Waals surface area contributed by atoms with E-state index in [-0.39, 0.29) is 6.10 Å². The molecule has 1 atom stereocenters. The highest BCUT2D eigenvalue weighted by molar-refractivity contribution is 9.10. The van der Waals surface area contributed by atoms with Crippen molar-refractivity contribution in [2.24, 2.45) is 0 Å². The van der Waals surface area contributed by atoms with Crippen LogP contribution in [-0.4, -0.2) is 5.11 Å². The molecule has 0 amide bonds. The van der Waals surface area contributed by atoms with Gasteiger partial charge in [-0.3, -0.25) is 0 Å². The van der Waals surface area contributed by atoms with Crippen LogP contribution < -0.4 is 0 Å². The van der Waals surface area contributed by atoms with Gasteiger partial charge < -0.3 is 5.11 Å². The van der Waals surface area contributed by atoms with Gasteiger partial charge in [0.25, 0.3) is 0 Å². The summed E-state index contributed by atoms with van der Waals surface area (Å²) in [5.41, 5.74) is 1.19. The van der Waals surface area contributed by atoms with Crippen LogP contribution >= 0.6 is 27.3 Å². The first kappa shape index (κ1) is 10.9. The molecule has 0 saturated heterocycles. The number of rotatable bonds is 2. The minimum absolute atomic E-state index is 0.376. The minimum Gasteiger partial charge on any atom is -0.388 e. The lowest BCUT2D eigenvalue weighted by Crippen LogP contribution is -1.83. The highest BCUT2D eigenvalue weighted by atomic mass is 79.9. The van der Waals surface area contributed by atoms with Crippen LogP contribution in [0.4, 0.5) is 0 Å². The third kappa shape index (κ3) is 2.48. The smallest absolute Gasteiger partial charge is 0.0854 e. The van der Waals surface area contributed by atoms with E-state index in [0.717, 1.165) is 9.35 Å². The van der Waals surface area contributed by atoms with Gasteiger partial charge in [-0.05, 0) is 36.8 Å². The van der Waals surface area contributed by atoms with Gasteiger partial charge in [-0.2, -0.15) is 0 Å². The van der Waals surface area contributed by atoms with Crippen molar-refractivity contribution in [1.29, 1.82) is 0 Å². The number of hydrogen-bond acceptors (Lipinski definition) is 2. The van der Waals surface area contributed by atoms with Gasteiger partial charge in [0, 0.05) is 14.2 Å². The topological polar surface area (TPSA) is 20.2 Å². The Kier molecular flexibility index (Phi) is 3.24. The van der Waals surface area contributed by atoms with Gasteiger partial charge in [-0.1, -0.05) is 28.1 Å². The lowest BCUT2D eigenvalue weighted by atomic mass is 10.2. The van der Waals surface area contributed by atoms with E-state index in [2.05, 4.69) is 34.1 Å². The monoisotopic (exact) mass is 282 g/mol. The first-order valence-electron chi connectivity index (χ1n) is 4.70. The van der Waals surface area contributed by atoms with E-state index in [1.165, 1.54) is 10.4 Å². The molecule has 0 fully saturated rings. The van der Waals surface area contributed by atoms with Gasteiger partial charge in [0.15, 0.2) is 0 Å². The molecule has 0 saturated carbocycles. The maximum absolute atomic E-state index is 9.43. The van der Waals surface area contributed by atoms with Crippen molar-refractivity contribution >= 4 is 27.3 Å². The fraction of sp³-hybridized carbons (Fsp3) is 0.167. The second-order valence-corrected chi connectivity index (χ2v) is 5.42. The van der Waals surface area contributed by atoms with Crippen LogP contribution in [0.5, 0.6) is 0 Å². The SMILES string of the molecule is CC(O)c1ccc(-c2ccc(Br)cc2)s1. The predicted octanol–water partition coefficient (Wildman–Crippen LogP) is 4.23. The molecule has 0 radical (unpaired) electrons. The zero-order valence-electron chi connectivity index (χ0n) is 8.27. The number of aliphatic hydroxyl groups excluding tert-OH is 1. The molecule has 0 aliphatic carbocycles. The lowest BCUT2D eigenvalue weighted by Gasteiger charge is -1.99. The number of halogens is 1. The molecule has 0 spiro atoms. The number of benzene rings is 1. The van der Waals surface area contributed by atoms with Gasteiger partial charge in [0.1, 0.15) is 0 Å². The Morgan fingerprint density at radius 2 is 1.80 bits per heavy atom. The zero-order valence-corrected chi connectivity index (χ0v) is 10.7. The summed E-state index contributed by atoms with van der Waals surface area (Å²) in [6, 6.07) is 12.2. The Morgan fingerprint density at radius 1 is 1.13 bits per heavy atom. The quantitative estimate of drug-likeness (QED) is 0.874. The Bertz CT molecular complexity index is 445. The number of hydrogen-bond donors (Lipinski definition) is 1. The molecular weight excluding hydrogens is 272 g/mol. The predicted molar refractivity (Wildman–Crippen MR) is 68.1 cm³/mol. The maximum atomic E-state index is 9.43. The summed E-state index contributed by atoms with van der Waals surface area (Å²) in [7, 11) is 0. The summed E-state index contributed by atoms with van der Waals surface area (Å²) in [4.78, 5) is 2.20. The molecule has 1 N–H and O–H groups in total. The Morgan fingerprint density at radius 3 is 2.33 bits per heavy atom. The molecule has 2 rings (SSSR count). The molecule has 0 aliphatic heterocycles. The largest absolute Gasteiger partial charge is 0.388 e. The molecule has 0 bridgehead atoms. The molecule has 1 aromatic heterocycles. The molecule has 2 aromatic rings. The summed E-state index contributed by atoms with van der Waals surface area (Å²) >= 11 is 5.04. The summed E-state index contributed by atoms with van der Waals surface area (Å²) in [5, 5.41) is 9.43. The van der Waals surface area contributed by atoms with Gasteiger partial charge in [-0.25, -0.2) is 0 Å². The van der Waals surface area contributed by atoms with Crippen LogP contribution in [-0.2, 0) is 0 Å². The summed E-state index contributed by atoms with van der Waals surface area (Å²) in [5.74, 6) is 0. The minimum atomic E-state index is -0.376. The fourth-order valence-corrected chi connectivity index (χ4v) is 2.56. The van der Waals surface area contributed by atoms with E-state index in [0.29, 0.717) is 0 Å². The van der Waals surface area contributed by atoms with Crippen molar-refractivity contribution in [2.45, 2.75) is 13.0 Å². The molecule has 1 aromatic carbocycles. The first-order valence-corrected chi connectivity index (χ1v) is 6.31. The molecule has 0 aliphatic rings. The van der Waals surface area contributed by atoms with Crippen molar-refractivity contribution in [3.8, 4) is 10.4 Å². The van der Waals surface area contributed by atoms with Crippen LogP contribution in [0.15, 0.2) is 40.9 Å². The third-order valence-corrected chi connectivity index (χ3v) is 4.00. The fourth-order valence-electron chi connectivity index (χ4n) is 1.35. The molecule has 3 heteroatoms. The number of thiophene rings is 1. The summed E-state index contributed by atoms with van der Waals surface area (Å²) < 4.78 is 1.08. The molecule has 1 nitrogen and oxygen atoms in total. The molecule has 15 heavy (non-hydrogen) atoms. The highest BCUT2D eigenvalue weighted by Gasteiger charge is 2.06. The second-order valence-electron chi connectivity index (χ2n) is 3.38. The average Bonchev–Trinajstić information content (AvgIpc) is 2.68. The third-order valence-electron chi connectivity index (χ3n) is 2.17. The summed E-state index contributed by atoms with van der Waals surface area (Å²) in [6.45, 7) is 1.79. The van der Waals surface area contributed by atoms with Crippen molar-refractivity contribution in [2.75, 3.05) is 0 Å². The average molecular weight is 283 g/mol. The van der Waals surface area contributed by atoms with Crippen LogP contribution in [0.2, 0.25) is 0 Å². The second kappa shape index (κ2) is 4.47. The van der Waals surface area contributed by atoms with E-state index in [9.17, 15) is 5.11 Å². The van der Waals surface area contributed by atoms with E-state index in [1.54, 1.807) is 18.3 Å². The zero-order chi connectivity index (χ0) is 10.8. The molecule has 1 heterocycles. The summed E-state index contributed by atoms with van der Waals surface area (Å²) in [6.07, 6.45) is -0.376. The van der Waals surface area contributed by atoms with Crippen molar-refractivity contribution < 1.29 is 5.11 Å². The van der Waals surface area contributed by atoms with E-state index in [4.69, 9.17) is 0 Å². The first-order chi connectivity index (χ1) is 7.16. The number of aliphatic hydroxyl groups is 1. The maximum Gasteiger partial charge on any atom is 0.0854 e. The van der Waals surface area contributed by atoms with E-state index >= 15 is 0 Å². The van der Waals surface area contributed by atoms with Crippen molar-refractivity contribution in [1.82, 2.24) is 0 Å². The van der Waals surface area contributed by atoms with E-state index in [1.807, 2.05) is 18.2 Å². The van der Waals surface area contributed by atoms with Crippen molar-refractivity contribution in [3.05, 3.63) is 45.7 Å². The Balaban J connectivity index is 2.33. The van der Waals surface area contributed by atoms with Crippen LogP contribution in [0.25, 0.3) is 10.4 Å². The van der Waals surface area contributed by atoms with Crippen LogP contribution in [0, 0.1) is 0 Å². The van der Waals surface area contributed by atoms with Crippen molar-refractivity contribution in [3.63, 3.8) is 0 Å².